The predicted molar refractivity (Wildman–Crippen MR) is 75.4 cm³/mol. The van der Waals surface area contributed by atoms with Gasteiger partial charge < -0.3 is 16.4 Å². The zero-order valence-electron chi connectivity index (χ0n) is 10.9. The minimum atomic E-state index is -0.175. The van der Waals surface area contributed by atoms with Crippen LogP contribution in [0.5, 0.6) is 0 Å². The molecule has 1 unspecified atom stereocenters. The first-order valence-electron chi connectivity index (χ1n) is 6.33. The van der Waals surface area contributed by atoms with Gasteiger partial charge in [0.05, 0.1) is 6.04 Å². The summed E-state index contributed by atoms with van der Waals surface area (Å²) in [7, 11) is 0. The first-order valence-corrected chi connectivity index (χ1v) is 7.10. The number of aromatic amines is 1. The van der Waals surface area contributed by atoms with Gasteiger partial charge in [0.15, 0.2) is 5.82 Å². The number of nitrogens with two attached hydrogens (primary N) is 1. The van der Waals surface area contributed by atoms with Crippen LogP contribution in [0, 0.1) is 0 Å². The lowest BCUT2D eigenvalue weighted by molar-refractivity contribution is 0.0953. The molecule has 1 atom stereocenters. The Morgan fingerprint density at radius 3 is 3.05 bits per heavy atom. The van der Waals surface area contributed by atoms with Gasteiger partial charge in [0, 0.05) is 6.04 Å². The summed E-state index contributed by atoms with van der Waals surface area (Å²) < 4.78 is 4.05. The molecule has 9 heteroatoms. The van der Waals surface area contributed by atoms with Gasteiger partial charge >= 0.3 is 0 Å². The molecule has 0 saturated heterocycles. The molecule has 1 saturated carbocycles. The molecule has 3 rings (SSSR count). The summed E-state index contributed by atoms with van der Waals surface area (Å²) in [6, 6.07) is 0.158. The predicted octanol–water partition coefficient (Wildman–Crippen LogP) is 0.909. The van der Waals surface area contributed by atoms with Crippen molar-refractivity contribution in [1.29, 1.82) is 0 Å². The zero-order chi connectivity index (χ0) is 14.1. The van der Waals surface area contributed by atoms with Crippen LogP contribution in [0.2, 0.25) is 0 Å². The van der Waals surface area contributed by atoms with Gasteiger partial charge in [-0.1, -0.05) is 0 Å². The highest BCUT2D eigenvalue weighted by Gasteiger charge is 2.28. The van der Waals surface area contributed by atoms with Gasteiger partial charge in [-0.15, -0.1) is 0 Å². The van der Waals surface area contributed by atoms with E-state index in [-0.39, 0.29) is 23.8 Å². The molecule has 5 N–H and O–H groups in total. The van der Waals surface area contributed by atoms with Crippen LogP contribution in [0.25, 0.3) is 0 Å². The third-order valence-electron chi connectivity index (χ3n) is 3.05. The molecule has 106 valence electrons. The topological polar surface area (TPSA) is 122 Å². The van der Waals surface area contributed by atoms with Gasteiger partial charge in [-0.25, -0.2) is 4.98 Å². The Labute approximate surface area is 119 Å². The molecule has 1 aliphatic carbocycles. The smallest absolute Gasteiger partial charge is 0.258 e. The van der Waals surface area contributed by atoms with E-state index in [4.69, 9.17) is 5.73 Å². The van der Waals surface area contributed by atoms with Crippen LogP contribution >= 0.6 is 11.5 Å². The van der Waals surface area contributed by atoms with E-state index in [1.807, 2.05) is 6.92 Å². The van der Waals surface area contributed by atoms with Crippen molar-refractivity contribution in [3.63, 3.8) is 0 Å². The van der Waals surface area contributed by atoms with Crippen LogP contribution in [-0.2, 0) is 0 Å². The summed E-state index contributed by atoms with van der Waals surface area (Å²) in [5, 5.41) is 13.3. The first kappa shape index (κ1) is 12.9. The van der Waals surface area contributed by atoms with Crippen molar-refractivity contribution >= 4 is 28.3 Å². The number of anilines is 2. The van der Waals surface area contributed by atoms with E-state index in [9.17, 15) is 4.79 Å². The van der Waals surface area contributed by atoms with E-state index in [0.717, 1.165) is 12.8 Å². The van der Waals surface area contributed by atoms with Crippen LogP contribution in [0.1, 0.15) is 42.0 Å². The summed E-state index contributed by atoms with van der Waals surface area (Å²) in [5.74, 6) is 0.761. The molecule has 1 amide bonds. The summed E-state index contributed by atoms with van der Waals surface area (Å²) in [4.78, 5) is 16.2. The molecule has 2 heterocycles. The van der Waals surface area contributed by atoms with Crippen LogP contribution in [0.4, 0.5) is 10.8 Å². The number of nitrogens with one attached hydrogen (secondary N) is 3. The average molecular weight is 293 g/mol. The lowest BCUT2D eigenvalue weighted by atomic mass is 10.2. The number of carbonyl (C=O) groups is 1. The van der Waals surface area contributed by atoms with Crippen molar-refractivity contribution < 1.29 is 4.79 Å². The quantitative estimate of drug-likeness (QED) is 0.650. The van der Waals surface area contributed by atoms with E-state index < -0.39 is 0 Å². The first-order chi connectivity index (χ1) is 9.65. The number of aromatic nitrogens is 4. The number of H-pyrrole nitrogens is 1. The van der Waals surface area contributed by atoms with Gasteiger partial charge in [0.25, 0.3) is 5.91 Å². The van der Waals surface area contributed by atoms with Crippen LogP contribution < -0.4 is 16.4 Å². The highest BCUT2D eigenvalue weighted by atomic mass is 32.1. The van der Waals surface area contributed by atoms with Crippen LogP contribution in [0.15, 0.2) is 6.33 Å². The number of hydrogen-bond donors (Lipinski definition) is 4. The molecule has 0 radical (unpaired) electrons. The number of rotatable bonds is 5. The van der Waals surface area contributed by atoms with Crippen molar-refractivity contribution in [3.05, 3.63) is 17.7 Å². The molecule has 8 nitrogen and oxygen atoms in total. The maximum Gasteiger partial charge on any atom is 0.258 e. The normalized spacial score (nSPS) is 15.8. The second kappa shape index (κ2) is 5.08. The summed E-state index contributed by atoms with van der Waals surface area (Å²) >= 11 is 1.17. The zero-order valence-corrected chi connectivity index (χ0v) is 11.7. The number of amides is 1. The number of hydrogen-bond acceptors (Lipinski definition) is 7. The van der Waals surface area contributed by atoms with E-state index in [2.05, 4.69) is 30.2 Å². The van der Waals surface area contributed by atoms with Gasteiger partial charge in [0.1, 0.15) is 22.7 Å². The van der Waals surface area contributed by atoms with Crippen molar-refractivity contribution in [2.24, 2.45) is 0 Å². The van der Waals surface area contributed by atoms with Crippen molar-refractivity contribution in [3.8, 4) is 0 Å². The fraction of sp³-hybridized carbons (Fsp3) is 0.455. The Morgan fingerprint density at radius 1 is 1.60 bits per heavy atom. The van der Waals surface area contributed by atoms with Crippen molar-refractivity contribution in [1.82, 2.24) is 24.9 Å². The number of carbonyl (C=O) groups excluding carboxylic acids is 1. The van der Waals surface area contributed by atoms with E-state index in [1.54, 1.807) is 0 Å². The summed E-state index contributed by atoms with van der Waals surface area (Å²) in [6.07, 6.45) is 3.50. The largest absolute Gasteiger partial charge is 0.382 e. The summed E-state index contributed by atoms with van der Waals surface area (Å²) in [5.41, 5.74) is 6.21. The molecule has 2 aromatic rings. The third kappa shape index (κ3) is 2.57. The van der Waals surface area contributed by atoms with Crippen LogP contribution in [-0.4, -0.2) is 31.5 Å². The number of nitrogens with zero attached hydrogens (tertiary/aromatic N) is 3. The molecule has 0 aromatic carbocycles. The SMILES string of the molecule is CC(Nc1snc(N)c1C(=O)NC1CC1)c1ncn[nH]1. The Hall–Kier alpha value is -2.16. The Bertz CT molecular complexity index is 604. The van der Waals surface area contributed by atoms with Gasteiger partial charge in [-0.3, -0.25) is 9.89 Å². The molecule has 0 spiro atoms. The third-order valence-corrected chi connectivity index (χ3v) is 3.84. The van der Waals surface area contributed by atoms with E-state index in [1.165, 1.54) is 17.9 Å². The molecule has 0 aliphatic heterocycles. The highest BCUT2D eigenvalue weighted by Crippen LogP contribution is 2.30. The molecule has 1 aliphatic rings. The Balaban J connectivity index is 1.77. The molecular weight excluding hydrogens is 278 g/mol. The second-order valence-corrected chi connectivity index (χ2v) is 5.53. The van der Waals surface area contributed by atoms with Crippen molar-refractivity contribution in [2.45, 2.75) is 31.8 Å². The Kier molecular flexibility index (Phi) is 3.26. The second-order valence-electron chi connectivity index (χ2n) is 4.76. The van der Waals surface area contributed by atoms with Gasteiger partial charge in [-0.2, -0.15) is 9.47 Å². The van der Waals surface area contributed by atoms with Gasteiger partial charge in [-0.05, 0) is 31.3 Å². The molecular formula is C11H15N7OS. The van der Waals surface area contributed by atoms with E-state index >= 15 is 0 Å². The maximum absolute atomic E-state index is 12.2. The summed E-state index contributed by atoms with van der Waals surface area (Å²) in [6.45, 7) is 1.92. The molecule has 0 bridgehead atoms. The van der Waals surface area contributed by atoms with E-state index in [0.29, 0.717) is 16.4 Å². The number of nitrogen functional groups attached to an aromatic ring is 1. The molecule has 20 heavy (non-hydrogen) atoms. The lowest BCUT2D eigenvalue weighted by Crippen LogP contribution is -2.26. The highest BCUT2D eigenvalue weighted by molar-refractivity contribution is 7.11. The molecule has 1 fully saturated rings. The molecule has 2 aromatic heterocycles. The Morgan fingerprint density at radius 2 is 2.40 bits per heavy atom. The van der Waals surface area contributed by atoms with Crippen molar-refractivity contribution in [2.75, 3.05) is 11.1 Å². The van der Waals surface area contributed by atoms with Gasteiger partial charge in [0.2, 0.25) is 0 Å². The lowest BCUT2D eigenvalue weighted by Gasteiger charge is -2.12. The fourth-order valence-electron chi connectivity index (χ4n) is 1.79. The average Bonchev–Trinajstić information content (AvgIpc) is 2.93. The van der Waals surface area contributed by atoms with Crippen LogP contribution in [0.3, 0.4) is 0 Å². The maximum atomic E-state index is 12.2. The minimum Gasteiger partial charge on any atom is -0.382 e. The minimum absolute atomic E-state index is 0.121. The monoisotopic (exact) mass is 293 g/mol. The standard InChI is InChI=1S/C11H15N7OS/c1-5(9-13-4-14-17-9)15-11-7(8(12)18-20-11)10(19)16-6-2-3-6/h4-6,15H,2-3H2,1H3,(H2,12,18)(H,16,19)(H,13,14,17). The fourth-order valence-corrected chi connectivity index (χ4v) is 2.59.